The van der Waals surface area contributed by atoms with Gasteiger partial charge in [0.1, 0.15) is 5.82 Å². The van der Waals surface area contributed by atoms with Gasteiger partial charge in [0, 0.05) is 6.54 Å². The number of rotatable bonds is 7. The Kier molecular flexibility index (Phi) is 6.05. The molecule has 0 unspecified atom stereocenters. The first kappa shape index (κ1) is 18.1. The van der Waals surface area contributed by atoms with Gasteiger partial charge >= 0.3 is 0 Å². The van der Waals surface area contributed by atoms with E-state index in [9.17, 15) is 17.6 Å². The van der Waals surface area contributed by atoms with Gasteiger partial charge in [0.15, 0.2) is 0 Å². The first-order valence-corrected chi connectivity index (χ1v) is 8.96. The molecule has 0 saturated carbocycles. The number of hydrogen-bond acceptors (Lipinski definition) is 3. The molecule has 2 rings (SSSR count). The van der Waals surface area contributed by atoms with Crippen molar-refractivity contribution in [2.75, 3.05) is 6.54 Å². The molecule has 5 nitrogen and oxygen atoms in total. The molecular weight excluding hydrogens is 331 g/mol. The summed E-state index contributed by atoms with van der Waals surface area (Å²) in [5.41, 5.74) is 1.08. The van der Waals surface area contributed by atoms with Crippen molar-refractivity contribution in [3.63, 3.8) is 0 Å². The minimum absolute atomic E-state index is 0.0900. The number of carbonyl (C=O) groups is 1. The number of halogens is 1. The minimum Gasteiger partial charge on any atom is -0.354 e. The fraction of sp³-hybridized carbons (Fsp3) is 0.235. The lowest BCUT2D eigenvalue weighted by molar-refractivity contribution is -0.122. The fourth-order valence-electron chi connectivity index (χ4n) is 2.10. The van der Waals surface area contributed by atoms with Crippen LogP contribution in [0.1, 0.15) is 12.5 Å². The van der Waals surface area contributed by atoms with Gasteiger partial charge in [-0.1, -0.05) is 30.3 Å². The highest BCUT2D eigenvalue weighted by molar-refractivity contribution is 7.89. The van der Waals surface area contributed by atoms with Crippen molar-refractivity contribution >= 4 is 15.9 Å². The van der Waals surface area contributed by atoms with E-state index in [4.69, 9.17) is 0 Å². The predicted molar refractivity (Wildman–Crippen MR) is 89.3 cm³/mol. The highest BCUT2D eigenvalue weighted by Crippen LogP contribution is 2.10. The molecule has 2 aromatic rings. The van der Waals surface area contributed by atoms with E-state index in [1.807, 2.05) is 30.3 Å². The molecule has 1 atom stereocenters. The summed E-state index contributed by atoms with van der Waals surface area (Å²) in [5, 5.41) is 2.69. The summed E-state index contributed by atoms with van der Waals surface area (Å²) in [6, 6.07) is 13.1. The third-order valence-corrected chi connectivity index (χ3v) is 4.96. The summed E-state index contributed by atoms with van der Waals surface area (Å²) in [6.45, 7) is 1.87. The summed E-state index contributed by atoms with van der Waals surface area (Å²) >= 11 is 0. The third kappa shape index (κ3) is 5.14. The van der Waals surface area contributed by atoms with E-state index < -0.39 is 27.8 Å². The monoisotopic (exact) mass is 350 g/mol. The Hall–Kier alpha value is -2.25. The summed E-state index contributed by atoms with van der Waals surface area (Å²) in [6.07, 6.45) is 0.657. The van der Waals surface area contributed by atoms with Gasteiger partial charge in [-0.25, -0.2) is 12.8 Å². The summed E-state index contributed by atoms with van der Waals surface area (Å²) < 4.78 is 39.4. The molecule has 2 N–H and O–H groups in total. The molecule has 1 amide bonds. The van der Waals surface area contributed by atoms with Gasteiger partial charge < -0.3 is 5.32 Å². The molecule has 2 aromatic carbocycles. The van der Waals surface area contributed by atoms with Crippen molar-refractivity contribution in [1.29, 1.82) is 0 Å². The second kappa shape index (κ2) is 8.03. The average molecular weight is 350 g/mol. The van der Waals surface area contributed by atoms with Crippen molar-refractivity contribution in [3.05, 3.63) is 66.0 Å². The van der Waals surface area contributed by atoms with Crippen molar-refractivity contribution in [3.8, 4) is 0 Å². The van der Waals surface area contributed by atoms with Crippen LogP contribution in [0.5, 0.6) is 0 Å². The van der Waals surface area contributed by atoms with Gasteiger partial charge in [-0.3, -0.25) is 4.79 Å². The zero-order chi connectivity index (χ0) is 17.6. The maximum atomic E-state index is 12.9. The Morgan fingerprint density at radius 3 is 2.33 bits per heavy atom. The second-order valence-electron chi connectivity index (χ2n) is 5.32. The molecule has 7 heteroatoms. The fourth-order valence-corrected chi connectivity index (χ4v) is 3.30. The van der Waals surface area contributed by atoms with Gasteiger partial charge in [0.2, 0.25) is 15.9 Å². The maximum absolute atomic E-state index is 12.9. The SMILES string of the molecule is C[C@@H](NS(=O)(=O)c1ccc(F)cc1)C(=O)NCCc1ccccc1. The Bertz CT molecular complexity index is 777. The molecule has 0 aliphatic rings. The largest absolute Gasteiger partial charge is 0.354 e. The van der Waals surface area contributed by atoms with Crippen LogP contribution in [0.3, 0.4) is 0 Å². The predicted octanol–water partition coefficient (Wildman–Crippen LogP) is 1.85. The molecule has 24 heavy (non-hydrogen) atoms. The lowest BCUT2D eigenvalue weighted by Gasteiger charge is -2.14. The normalized spacial score (nSPS) is 12.6. The topological polar surface area (TPSA) is 75.3 Å². The van der Waals surface area contributed by atoms with Crippen LogP contribution in [0.4, 0.5) is 4.39 Å². The van der Waals surface area contributed by atoms with Gasteiger partial charge in [-0.2, -0.15) is 4.72 Å². The first-order chi connectivity index (χ1) is 11.4. The van der Waals surface area contributed by atoms with E-state index in [2.05, 4.69) is 10.0 Å². The molecule has 0 heterocycles. The van der Waals surface area contributed by atoms with Crippen LogP contribution in [0, 0.1) is 5.82 Å². The number of carbonyl (C=O) groups excluding carboxylic acids is 1. The van der Waals surface area contributed by atoms with Crippen LogP contribution in [0.2, 0.25) is 0 Å². The van der Waals surface area contributed by atoms with E-state index >= 15 is 0 Å². The van der Waals surface area contributed by atoms with Gasteiger partial charge in [0.25, 0.3) is 0 Å². The Balaban J connectivity index is 1.87. The number of benzene rings is 2. The summed E-state index contributed by atoms with van der Waals surface area (Å²) in [7, 11) is -3.88. The van der Waals surface area contributed by atoms with Crippen molar-refractivity contribution in [2.24, 2.45) is 0 Å². The Labute approximate surface area is 141 Å². The van der Waals surface area contributed by atoms with Crippen molar-refractivity contribution in [1.82, 2.24) is 10.0 Å². The number of nitrogens with one attached hydrogen (secondary N) is 2. The number of sulfonamides is 1. The average Bonchev–Trinajstić information content (AvgIpc) is 2.55. The van der Waals surface area contributed by atoms with Crippen LogP contribution in [-0.2, 0) is 21.2 Å². The lowest BCUT2D eigenvalue weighted by Crippen LogP contribution is -2.45. The highest BCUT2D eigenvalue weighted by atomic mass is 32.2. The number of amides is 1. The molecule has 128 valence electrons. The highest BCUT2D eigenvalue weighted by Gasteiger charge is 2.21. The molecule has 0 fully saturated rings. The van der Waals surface area contributed by atoms with Crippen LogP contribution < -0.4 is 10.0 Å². The molecule has 0 aliphatic heterocycles. The zero-order valence-electron chi connectivity index (χ0n) is 13.2. The summed E-state index contributed by atoms with van der Waals surface area (Å²) in [5.74, 6) is -0.947. The quantitative estimate of drug-likeness (QED) is 0.800. The standard InChI is InChI=1S/C17H19FN2O3S/c1-13(17(21)19-12-11-14-5-3-2-4-6-14)20-24(22,23)16-9-7-15(18)8-10-16/h2-10,13,20H,11-12H2,1H3,(H,19,21)/t13-/m1/s1. The molecule has 0 aliphatic carbocycles. The van der Waals surface area contributed by atoms with Gasteiger partial charge in [0.05, 0.1) is 10.9 Å². The maximum Gasteiger partial charge on any atom is 0.241 e. The molecule has 0 bridgehead atoms. The van der Waals surface area contributed by atoms with Crippen LogP contribution in [0.25, 0.3) is 0 Å². The van der Waals surface area contributed by atoms with E-state index in [0.717, 1.165) is 29.8 Å². The van der Waals surface area contributed by atoms with Crippen LogP contribution in [-0.4, -0.2) is 26.9 Å². The van der Waals surface area contributed by atoms with E-state index in [1.54, 1.807) is 0 Å². The minimum atomic E-state index is -3.88. The van der Waals surface area contributed by atoms with Gasteiger partial charge in [-0.05, 0) is 43.2 Å². The second-order valence-corrected chi connectivity index (χ2v) is 7.04. The molecule has 0 spiro atoms. The molecule has 0 radical (unpaired) electrons. The van der Waals surface area contributed by atoms with Crippen LogP contribution in [0.15, 0.2) is 59.5 Å². The molecule has 0 saturated heterocycles. The van der Waals surface area contributed by atoms with Crippen molar-refractivity contribution < 1.29 is 17.6 Å². The van der Waals surface area contributed by atoms with E-state index in [0.29, 0.717) is 13.0 Å². The zero-order valence-corrected chi connectivity index (χ0v) is 14.0. The molecule has 0 aromatic heterocycles. The Morgan fingerprint density at radius 1 is 1.08 bits per heavy atom. The molecular formula is C17H19FN2O3S. The lowest BCUT2D eigenvalue weighted by atomic mass is 10.1. The van der Waals surface area contributed by atoms with Crippen LogP contribution >= 0.6 is 0 Å². The Morgan fingerprint density at radius 2 is 1.71 bits per heavy atom. The van der Waals surface area contributed by atoms with Crippen molar-refractivity contribution in [2.45, 2.75) is 24.3 Å². The first-order valence-electron chi connectivity index (χ1n) is 7.48. The van der Waals surface area contributed by atoms with E-state index in [1.165, 1.54) is 6.92 Å². The van der Waals surface area contributed by atoms with E-state index in [-0.39, 0.29) is 4.90 Å². The van der Waals surface area contributed by atoms with Gasteiger partial charge in [-0.15, -0.1) is 0 Å². The number of hydrogen-bond donors (Lipinski definition) is 2. The third-order valence-electron chi connectivity index (χ3n) is 3.40. The summed E-state index contributed by atoms with van der Waals surface area (Å²) in [4.78, 5) is 11.9. The smallest absolute Gasteiger partial charge is 0.241 e.